The summed E-state index contributed by atoms with van der Waals surface area (Å²) in [7, 11) is -3.63. The Kier molecular flexibility index (Phi) is 10.8. The summed E-state index contributed by atoms with van der Waals surface area (Å²) >= 11 is 0. The molecule has 1 saturated heterocycles. The number of alkyl halides is 3. The molecule has 1 heterocycles. The highest BCUT2D eigenvalue weighted by Crippen LogP contribution is 2.30. The Hall–Kier alpha value is -1.15. The first-order valence-corrected chi connectivity index (χ1v) is 10.8. The molecule has 1 aromatic carbocycles. The second kappa shape index (κ2) is 12.0. The standard InChI is InChI=1S/C18H26F4N4O2S.HI/c1-23-17(24-9-3-5-14-4-2-6-16(19)12-14)25-13-15-7-10-26(11-8-15)29(27,28)18(20,21)22;/h2,4,6,12,15H,3,5,7-11,13H2,1H3,(H2,23,24,25);1H. The molecule has 2 N–H and O–H groups in total. The average Bonchev–Trinajstić information content (AvgIpc) is 2.67. The number of rotatable bonds is 7. The van der Waals surface area contributed by atoms with Gasteiger partial charge in [-0.2, -0.15) is 17.5 Å². The lowest BCUT2D eigenvalue weighted by Crippen LogP contribution is -2.47. The molecule has 0 aromatic heterocycles. The summed E-state index contributed by atoms with van der Waals surface area (Å²) in [4.78, 5) is 4.10. The largest absolute Gasteiger partial charge is 0.511 e. The Bertz CT molecular complexity index is 798. The maximum Gasteiger partial charge on any atom is 0.511 e. The number of aryl methyl sites for hydroxylation is 1. The van der Waals surface area contributed by atoms with Crippen LogP contribution in [0.25, 0.3) is 0 Å². The zero-order chi connectivity index (χ0) is 21.5. The highest BCUT2D eigenvalue weighted by Gasteiger charge is 2.50. The molecular formula is C18H27F4IN4O2S. The van der Waals surface area contributed by atoms with E-state index in [4.69, 9.17) is 0 Å². The monoisotopic (exact) mass is 566 g/mol. The Morgan fingerprint density at radius 1 is 1.23 bits per heavy atom. The van der Waals surface area contributed by atoms with E-state index in [-0.39, 0.29) is 48.8 Å². The summed E-state index contributed by atoms with van der Waals surface area (Å²) in [6, 6.07) is 6.43. The first-order chi connectivity index (χ1) is 13.6. The van der Waals surface area contributed by atoms with Crippen molar-refractivity contribution in [3.8, 4) is 0 Å². The van der Waals surface area contributed by atoms with Gasteiger partial charge in [0, 0.05) is 33.2 Å². The van der Waals surface area contributed by atoms with E-state index in [2.05, 4.69) is 15.6 Å². The van der Waals surface area contributed by atoms with Crippen molar-refractivity contribution in [2.75, 3.05) is 33.2 Å². The number of benzene rings is 1. The third kappa shape index (κ3) is 7.84. The fourth-order valence-electron chi connectivity index (χ4n) is 3.15. The van der Waals surface area contributed by atoms with E-state index >= 15 is 0 Å². The van der Waals surface area contributed by atoms with Gasteiger partial charge in [-0.1, -0.05) is 12.1 Å². The van der Waals surface area contributed by atoms with Crippen molar-refractivity contribution in [2.24, 2.45) is 10.9 Å². The molecule has 0 bridgehead atoms. The zero-order valence-electron chi connectivity index (χ0n) is 16.6. The minimum atomic E-state index is -5.25. The summed E-state index contributed by atoms with van der Waals surface area (Å²) in [6.07, 6.45) is 2.18. The van der Waals surface area contributed by atoms with E-state index in [1.807, 2.05) is 6.07 Å². The highest BCUT2D eigenvalue weighted by atomic mass is 127. The molecule has 30 heavy (non-hydrogen) atoms. The highest BCUT2D eigenvalue weighted by molar-refractivity contribution is 14.0. The van der Waals surface area contributed by atoms with Crippen LogP contribution in [0, 0.1) is 11.7 Å². The van der Waals surface area contributed by atoms with E-state index < -0.39 is 15.5 Å². The molecule has 0 aliphatic carbocycles. The first kappa shape index (κ1) is 26.9. The minimum absolute atomic E-state index is 0. The van der Waals surface area contributed by atoms with Gasteiger partial charge < -0.3 is 10.6 Å². The Labute approximate surface area is 191 Å². The number of hydrogen-bond donors (Lipinski definition) is 2. The molecule has 1 aliphatic heterocycles. The van der Waals surface area contributed by atoms with Crippen molar-refractivity contribution in [1.82, 2.24) is 14.9 Å². The van der Waals surface area contributed by atoms with Crippen LogP contribution in [0.4, 0.5) is 17.6 Å². The molecule has 172 valence electrons. The summed E-state index contributed by atoms with van der Waals surface area (Å²) in [5, 5.41) is 6.26. The fraction of sp³-hybridized carbons (Fsp3) is 0.611. The third-order valence-corrected chi connectivity index (χ3v) is 6.44. The number of halogens is 5. The fourth-order valence-corrected chi connectivity index (χ4v) is 4.14. The number of nitrogens with zero attached hydrogens (tertiary/aromatic N) is 2. The Morgan fingerprint density at radius 2 is 1.90 bits per heavy atom. The van der Waals surface area contributed by atoms with Crippen LogP contribution in [0.1, 0.15) is 24.8 Å². The van der Waals surface area contributed by atoms with Crippen LogP contribution in [0.5, 0.6) is 0 Å². The molecule has 1 aromatic rings. The van der Waals surface area contributed by atoms with Gasteiger partial charge in [0.2, 0.25) is 0 Å². The Morgan fingerprint density at radius 3 is 2.47 bits per heavy atom. The van der Waals surface area contributed by atoms with Gasteiger partial charge in [-0.05, 0) is 49.3 Å². The Balaban J connectivity index is 0.00000450. The number of guanidine groups is 1. The van der Waals surface area contributed by atoms with E-state index in [0.717, 1.165) is 12.0 Å². The van der Waals surface area contributed by atoms with Gasteiger partial charge in [0.25, 0.3) is 0 Å². The second-order valence-electron chi connectivity index (χ2n) is 6.91. The van der Waals surface area contributed by atoms with Crippen LogP contribution in [0.3, 0.4) is 0 Å². The number of piperidine rings is 1. The lowest BCUT2D eigenvalue weighted by atomic mass is 9.98. The van der Waals surface area contributed by atoms with Crippen LogP contribution in [0.15, 0.2) is 29.3 Å². The molecule has 2 rings (SSSR count). The van der Waals surface area contributed by atoms with Crippen LogP contribution >= 0.6 is 24.0 Å². The number of hydrogen-bond acceptors (Lipinski definition) is 3. The molecule has 1 fully saturated rings. The second-order valence-corrected chi connectivity index (χ2v) is 8.84. The van der Waals surface area contributed by atoms with Gasteiger partial charge in [0.05, 0.1) is 0 Å². The zero-order valence-corrected chi connectivity index (χ0v) is 19.7. The van der Waals surface area contributed by atoms with Gasteiger partial charge in [0.1, 0.15) is 5.82 Å². The van der Waals surface area contributed by atoms with Gasteiger partial charge in [0.15, 0.2) is 5.96 Å². The predicted molar refractivity (Wildman–Crippen MR) is 119 cm³/mol. The molecule has 0 saturated carbocycles. The maximum atomic E-state index is 13.1. The van der Waals surface area contributed by atoms with Crippen LogP contribution < -0.4 is 10.6 Å². The quantitative estimate of drug-likeness (QED) is 0.175. The van der Waals surface area contributed by atoms with E-state index in [9.17, 15) is 26.0 Å². The van der Waals surface area contributed by atoms with Gasteiger partial charge in [-0.3, -0.25) is 4.99 Å². The van der Waals surface area contributed by atoms with Crippen LogP contribution in [-0.2, 0) is 16.4 Å². The van der Waals surface area contributed by atoms with Crippen molar-refractivity contribution in [3.63, 3.8) is 0 Å². The van der Waals surface area contributed by atoms with Crippen molar-refractivity contribution in [3.05, 3.63) is 35.6 Å². The SMILES string of the molecule is CN=C(NCCCc1cccc(F)c1)NCC1CCN(S(=O)(=O)C(F)(F)F)CC1.I. The summed E-state index contributed by atoms with van der Waals surface area (Å²) in [5.41, 5.74) is -4.34. The lowest BCUT2D eigenvalue weighted by molar-refractivity contribution is -0.0496. The van der Waals surface area contributed by atoms with Crippen molar-refractivity contribution >= 4 is 40.0 Å². The third-order valence-electron chi connectivity index (χ3n) is 4.81. The van der Waals surface area contributed by atoms with Crippen molar-refractivity contribution in [2.45, 2.75) is 31.2 Å². The molecule has 12 heteroatoms. The number of nitrogens with one attached hydrogen (secondary N) is 2. The van der Waals surface area contributed by atoms with E-state index in [1.54, 1.807) is 13.1 Å². The topological polar surface area (TPSA) is 73.8 Å². The number of sulfonamides is 1. The molecular weight excluding hydrogens is 539 g/mol. The van der Waals surface area contributed by atoms with Gasteiger partial charge in [-0.15, -0.1) is 24.0 Å². The van der Waals surface area contributed by atoms with Crippen LogP contribution in [0.2, 0.25) is 0 Å². The molecule has 0 atom stereocenters. The van der Waals surface area contributed by atoms with E-state index in [1.165, 1.54) is 12.1 Å². The molecule has 0 radical (unpaired) electrons. The summed E-state index contributed by atoms with van der Waals surface area (Å²) in [6.45, 7) is 0.823. The predicted octanol–water partition coefficient (Wildman–Crippen LogP) is 3.10. The molecule has 1 aliphatic rings. The van der Waals surface area contributed by atoms with E-state index in [0.29, 0.717) is 42.6 Å². The summed E-state index contributed by atoms with van der Waals surface area (Å²) in [5.74, 6) is 0.358. The minimum Gasteiger partial charge on any atom is -0.356 e. The smallest absolute Gasteiger partial charge is 0.356 e. The van der Waals surface area contributed by atoms with Crippen LogP contribution in [-0.4, -0.2) is 57.4 Å². The first-order valence-electron chi connectivity index (χ1n) is 9.39. The molecule has 0 unspecified atom stereocenters. The summed E-state index contributed by atoms with van der Waals surface area (Å²) < 4.78 is 74.3. The van der Waals surface area contributed by atoms with Gasteiger partial charge >= 0.3 is 15.5 Å². The normalized spacial score (nSPS) is 16.8. The lowest BCUT2D eigenvalue weighted by Gasteiger charge is -2.31. The van der Waals surface area contributed by atoms with Gasteiger partial charge in [-0.25, -0.2) is 12.8 Å². The molecule has 6 nitrogen and oxygen atoms in total. The van der Waals surface area contributed by atoms with Crippen molar-refractivity contribution in [1.29, 1.82) is 0 Å². The molecule has 0 amide bonds. The van der Waals surface area contributed by atoms with Crippen molar-refractivity contribution < 1.29 is 26.0 Å². The maximum absolute atomic E-state index is 13.1. The number of aliphatic imine (C=N–C) groups is 1. The molecule has 0 spiro atoms. The average molecular weight is 566 g/mol.